The summed E-state index contributed by atoms with van der Waals surface area (Å²) >= 11 is 7.68. The van der Waals surface area contributed by atoms with E-state index in [0.29, 0.717) is 12.0 Å². The van der Waals surface area contributed by atoms with Crippen LogP contribution >= 0.6 is 22.9 Å². The fourth-order valence-corrected chi connectivity index (χ4v) is 3.74. The molecule has 2 aromatic rings. The van der Waals surface area contributed by atoms with Gasteiger partial charge >= 0.3 is 0 Å². The third kappa shape index (κ3) is 4.80. The summed E-state index contributed by atoms with van der Waals surface area (Å²) in [7, 11) is 0. The van der Waals surface area contributed by atoms with Crippen molar-refractivity contribution in [1.82, 2.24) is 5.32 Å². The maximum atomic E-state index is 13.0. The molecule has 0 amide bonds. The summed E-state index contributed by atoms with van der Waals surface area (Å²) < 4.78 is 13.9. The SMILES string of the molecule is Fc1ccc(CC(CNC2CC2)Cc2ccc(Cl)s2)cc1. The number of hydrogen-bond acceptors (Lipinski definition) is 2. The van der Waals surface area contributed by atoms with Crippen LogP contribution in [0.2, 0.25) is 4.34 Å². The van der Waals surface area contributed by atoms with Gasteiger partial charge in [0.15, 0.2) is 0 Å². The van der Waals surface area contributed by atoms with E-state index in [2.05, 4.69) is 11.4 Å². The van der Waals surface area contributed by atoms with Crippen LogP contribution < -0.4 is 5.32 Å². The van der Waals surface area contributed by atoms with Gasteiger partial charge in [0.2, 0.25) is 0 Å². The highest BCUT2D eigenvalue weighted by molar-refractivity contribution is 7.16. The van der Waals surface area contributed by atoms with Crippen molar-refractivity contribution in [3.63, 3.8) is 0 Å². The van der Waals surface area contributed by atoms with E-state index in [9.17, 15) is 4.39 Å². The highest BCUT2D eigenvalue weighted by Crippen LogP contribution is 2.26. The van der Waals surface area contributed by atoms with Crippen molar-refractivity contribution in [3.8, 4) is 0 Å². The summed E-state index contributed by atoms with van der Waals surface area (Å²) in [6.07, 6.45) is 4.59. The van der Waals surface area contributed by atoms with Crippen LogP contribution in [0.1, 0.15) is 23.3 Å². The summed E-state index contributed by atoms with van der Waals surface area (Å²) in [6.45, 7) is 1.01. The normalized spacial score (nSPS) is 16.1. The minimum Gasteiger partial charge on any atom is -0.314 e. The maximum Gasteiger partial charge on any atom is 0.123 e. The molecule has 0 spiro atoms. The Labute approximate surface area is 134 Å². The standard InChI is InChI=1S/C17H19ClFNS/c18-17-8-7-16(21-17)10-13(11-20-15-5-6-15)9-12-1-3-14(19)4-2-12/h1-4,7-8,13,15,20H,5-6,9-11H2. The molecule has 1 unspecified atom stereocenters. The molecule has 1 aromatic heterocycles. The van der Waals surface area contributed by atoms with E-state index in [0.717, 1.165) is 23.7 Å². The monoisotopic (exact) mass is 323 g/mol. The topological polar surface area (TPSA) is 12.0 Å². The van der Waals surface area contributed by atoms with Gasteiger partial charge in [0.25, 0.3) is 0 Å². The first-order valence-corrected chi connectivity index (χ1v) is 8.60. The zero-order valence-electron chi connectivity index (χ0n) is 11.8. The first-order chi connectivity index (χ1) is 10.2. The zero-order chi connectivity index (χ0) is 14.7. The molecule has 4 heteroatoms. The first kappa shape index (κ1) is 15.0. The molecule has 0 aliphatic heterocycles. The molecule has 1 saturated carbocycles. The van der Waals surface area contributed by atoms with Crippen molar-refractivity contribution < 1.29 is 4.39 Å². The largest absolute Gasteiger partial charge is 0.314 e. The van der Waals surface area contributed by atoms with Gasteiger partial charge in [-0.1, -0.05) is 23.7 Å². The van der Waals surface area contributed by atoms with Crippen molar-refractivity contribution in [1.29, 1.82) is 0 Å². The number of nitrogens with one attached hydrogen (secondary N) is 1. The predicted octanol–water partition coefficient (Wildman–Crippen LogP) is 4.69. The maximum absolute atomic E-state index is 13.0. The molecule has 0 radical (unpaired) electrons. The lowest BCUT2D eigenvalue weighted by atomic mass is 9.95. The Morgan fingerprint density at radius 3 is 2.52 bits per heavy atom. The summed E-state index contributed by atoms with van der Waals surface area (Å²) in [4.78, 5) is 1.32. The highest BCUT2D eigenvalue weighted by Gasteiger charge is 2.22. The summed E-state index contributed by atoms with van der Waals surface area (Å²) in [6, 6.07) is 11.7. The van der Waals surface area contributed by atoms with Crippen molar-refractivity contribution in [2.24, 2.45) is 5.92 Å². The fourth-order valence-electron chi connectivity index (χ4n) is 2.54. The third-order valence-electron chi connectivity index (χ3n) is 3.83. The number of halogens is 2. The van der Waals surface area contributed by atoms with Gasteiger partial charge in [0.05, 0.1) is 4.34 Å². The highest BCUT2D eigenvalue weighted by atomic mass is 35.5. The van der Waals surface area contributed by atoms with Gasteiger partial charge in [-0.05, 0) is 68.0 Å². The number of rotatable bonds is 7. The lowest BCUT2D eigenvalue weighted by Crippen LogP contribution is -2.27. The molecular formula is C17H19ClFNS. The van der Waals surface area contributed by atoms with Gasteiger partial charge in [-0.15, -0.1) is 11.3 Å². The zero-order valence-corrected chi connectivity index (χ0v) is 13.4. The molecule has 1 aliphatic rings. The second kappa shape index (κ2) is 6.91. The summed E-state index contributed by atoms with van der Waals surface area (Å²) in [5, 5.41) is 3.61. The van der Waals surface area contributed by atoms with Gasteiger partial charge < -0.3 is 5.32 Å². The van der Waals surface area contributed by atoms with Gasteiger partial charge in [-0.25, -0.2) is 4.39 Å². The van der Waals surface area contributed by atoms with Gasteiger partial charge in [-0.3, -0.25) is 0 Å². The molecular weight excluding hydrogens is 305 g/mol. The Hall–Kier alpha value is -0.900. The number of hydrogen-bond donors (Lipinski definition) is 1. The fraction of sp³-hybridized carbons (Fsp3) is 0.412. The molecule has 1 N–H and O–H groups in total. The van der Waals surface area contributed by atoms with E-state index in [4.69, 9.17) is 11.6 Å². The molecule has 1 aliphatic carbocycles. The molecule has 1 aromatic carbocycles. The smallest absolute Gasteiger partial charge is 0.123 e. The minimum absolute atomic E-state index is 0.170. The average molecular weight is 324 g/mol. The quantitative estimate of drug-likeness (QED) is 0.779. The Morgan fingerprint density at radius 2 is 1.90 bits per heavy atom. The van der Waals surface area contributed by atoms with E-state index >= 15 is 0 Å². The van der Waals surface area contributed by atoms with Crippen LogP contribution in [-0.4, -0.2) is 12.6 Å². The van der Waals surface area contributed by atoms with Crippen LogP contribution in [0.5, 0.6) is 0 Å². The second-order valence-corrected chi connectivity index (χ2v) is 7.59. The van der Waals surface area contributed by atoms with Gasteiger partial charge in [-0.2, -0.15) is 0 Å². The lowest BCUT2D eigenvalue weighted by molar-refractivity contribution is 0.471. The Kier molecular flexibility index (Phi) is 4.94. The lowest BCUT2D eigenvalue weighted by Gasteiger charge is -2.17. The van der Waals surface area contributed by atoms with E-state index in [1.165, 1.54) is 23.3 Å². The van der Waals surface area contributed by atoms with Gasteiger partial charge in [0, 0.05) is 10.9 Å². The molecule has 1 atom stereocenters. The Morgan fingerprint density at radius 1 is 1.14 bits per heavy atom. The van der Waals surface area contributed by atoms with Crippen LogP contribution in [0.25, 0.3) is 0 Å². The minimum atomic E-state index is -0.170. The molecule has 1 nitrogen and oxygen atoms in total. The van der Waals surface area contributed by atoms with Crippen LogP contribution in [0.3, 0.4) is 0 Å². The van der Waals surface area contributed by atoms with E-state index < -0.39 is 0 Å². The summed E-state index contributed by atoms with van der Waals surface area (Å²) in [5.41, 5.74) is 1.20. The van der Waals surface area contributed by atoms with Crippen LogP contribution in [0, 0.1) is 11.7 Å². The Balaban J connectivity index is 1.63. The number of thiophene rings is 1. The molecule has 0 bridgehead atoms. The summed E-state index contributed by atoms with van der Waals surface area (Å²) in [5.74, 6) is 0.349. The van der Waals surface area contributed by atoms with Crippen molar-refractivity contribution in [3.05, 3.63) is 57.0 Å². The van der Waals surface area contributed by atoms with Crippen LogP contribution in [0.4, 0.5) is 4.39 Å². The third-order valence-corrected chi connectivity index (χ3v) is 5.08. The van der Waals surface area contributed by atoms with Gasteiger partial charge in [0.1, 0.15) is 5.82 Å². The predicted molar refractivity (Wildman–Crippen MR) is 87.7 cm³/mol. The molecule has 1 heterocycles. The second-order valence-electron chi connectivity index (χ2n) is 5.79. The molecule has 21 heavy (non-hydrogen) atoms. The van der Waals surface area contributed by atoms with E-state index in [1.54, 1.807) is 23.5 Å². The number of benzene rings is 1. The van der Waals surface area contributed by atoms with Crippen LogP contribution in [0.15, 0.2) is 36.4 Å². The van der Waals surface area contributed by atoms with Crippen molar-refractivity contribution >= 4 is 22.9 Å². The molecule has 0 saturated heterocycles. The van der Waals surface area contributed by atoms with E-state index in [-0.39, 0.29) is 5.82 Å². The van der Waals surface area contributed by atoms with E-state index in [1.807, 2.05) is 18.2 Å². The first-order valence-electron chi connectivity index (χ1n) is 7.41. The van der Waals surface area contributed by atoms with Crippen LogP contribution in [-0.2, 0) is 12.8 Å². The molecule has 112 valence electrons. The van der Waals surface area contributed by atoms with Crippen molar-refractivity contribution in [2.45, 2.75) is 31.7 Å². The average Bonchev–Trinajstić information content (AvgIpc) is 3.21. The Bertz CT molecular complexity index is 577. The van der Waals surface area contributed by atoms with Crippen molar-refractivity contribution in [2.75, 3.05) is 6.54 Å². The molecule has 1 fully saturated rings. The molecule has 3 rings (SSSR count).